The molecule has 172 valence electrons. The van der Waals surface area contributed by atoms with Crippen LogP contribution in [-0.4, -0.2) is 44.2 Å². The Bertz CT molecular complexity index is 1170. The molecular formula is C19H17Cl2F3N4O4. The van der Waals surface area contributed by atoms with E-state index in [4.69, 9.17) is 43.6 Å². The van der Waals surface area contributed by atoms with E-state index >= 15 is 0 Å². The number of carboxylic acids is 1. The lowest BCUT2D eigenvalue weighted by molar-refractivity contribution is -0.192. The fourth-order valence-corrected chi connectivity index (χ4v) is 3.17. The Morgan fingerprint density at radius 2 is 1.88 bits per heavy atom. The van der Waals surface area contributed by atoms with Crippen molar-refractivity contribution in [3.05, 3.63) is 51.4 Å². The van der Waals surface area contributed by atoms with Gasteiger partial charge in [-0.25, -0.2) is 19.6 Å². The highest BCUT2D eigenvalue weighted by Gasteiger charge is 2.38. The van der Waals surface area contributed by atoms with Crippen molar-refractivity contribution in [2.45, 2.75) is 26.6 Å². The number of benzene rings is 1. The van der Waals surface area contributed by atoms with Gasteiger partial charge in [0.25, 0.3) is 0 Å². The number of aryl methyl sites for hydroxylation is 1. The van der Waals surface area contributed by atoms with Crippen molar-refractivity contribution in [1.82, 2.24) is 14.4 Å². The Labute approximate surface area is 189 Å². The number of alkyl halides is 3. The van der Waals surface area contributed by atoms with E-state index in [9.17, 15) is 18.0 Å². The van der Waals surface area contributed by atoms with E-state index in [1.807, 2.05) is 13.0 Å². The van der Waals surface area contributed by atoms with Crippen LogP contribution in [0.1, 0.15) is 28.7 Å². The number of carbonyl (C=O) groups excluding carboxylic acids is 1. The summed E-state index contributed by atoms with van der Waals surface area (Å²) in [4.78, 5) is 29.6. The topological polar surface area (TPSA) is 120 Å². The van der Waals surface area contributed by atoms with Crippen LogP contribution in [0.3, 0.4) is 0 Å². The van der Waals surface area contributed by atoms with Gasteiger partial charge in [-0.05, 0) is 32.0 Å². The van der Waals surface area contributed by atoms with Crippen molar-refractivity contribution in [3.8, 4) is 11.3 Å². The zero-order valence-electron chi connectivity index (χ0n) is 16.7. The van der Waals surface area contributed by atoms with E-state index in [0.717, 1.165) is 22.5 Å². The van der Waals surface area contributed by atoms with Gasteiger partial charge >= 0.3 is 18.1 Å². The summed E-state index contributed by atoms with van der Waals surface area (Å²) in [7, 11) is 0. The van der Waals surface area contributed by atoms with E-state index in [1.54, 1.807) is 29.7 Å². The van der Waals surface area contributed by atoms with Crippen LogP contribution < -0.4 is 5.73 Å². The maximum absolute atomic E-state index is 12.0. The average molecular weight is 493 g/mol. The fourth-order valence-electron chi connectivity index (χ4n) is 2.67. The smallest absolute Gasteiger partial charge is 0.475 e. The molecule has 8 nitrogen and oxygen atoms in total. The number of hydrogen-bond acceptors (Lipinski definition) is 6. The van der Waals surface area contributed by atoms with Crippen molar-refractivity contribution in [2.24, 2.45) is 5.73 Å². The number of carbonyl (C=O) groups is 2. The summed E-state index contributed by atoms with van der Waals surface area (Å²) >= 11 is 12.4. The van der Waals surface area contributed by atoms with Crippen LogP contribution in [0.15, 0.2) is 24.4 Å². The van der Waals surface area contributed by atoms with Gasteiger partial charge in [-0.3, -0.25) is 4.40 Å². The lowest BCUT2D eigenvalue weighted by Gasteiger charge is -2.14. The molecule has 0 bridgehead atoms. The van der Waals surface area contributed by atoms with Crippen LogP contribution in [0.4, 0.5) is 13.2 Å². The molecule has 0 aliphatic carbocycles. The maximum Gasteiger partial charge on any atom is 0.490 e. The van der Waals surface area contributed by atoms with Gasteiger partial charge in [0.15, 0.2) is 5.69 Å². The first-order chi connectivity index (χ1) is 14.9. The molecule has 3 rings (SSSR count). The summed E-state index contributed by atoms with van der Waals surface area (Å²) in [6.45, 7) is 4.11. The number of esters is 1. The van der Waals surface area contributed by atoms with Crippen LogP contribution >= 0.6 is 23.2 Å². The van der Waals surface area contributed by atoms with Gasteiger partial charge in [0.1, 0.15) is 0 Å². The summed E-state index contributed by atoms with van der Waals surface area (Å²) in [5.74, 6) is -2.89. The van der Waals surface area contributed by atoms with Crippen molar-refractivity contribution in [3.63, 3.8) is 0 Å². The lowest BCUT2D eigenvalue weighted by Crippen LogP contribution is -2.21. The van der Waals surface area contributed by atoms with E-state index in [1.165, 1.54) is 0 Å². The van der Waals surface area contributed by atoms with E-state index in [0.29, 0.717) is 15.8 Å². The predicted molar refractivity (Wildman–Crippen MR) is 111 cm³/mol. The standard InChI is InChI=1S/C17H16Cl2N4O2.C2HF3O2/c1-3-25-16(24)14-8-23-15(11-5-4-10(18)6-13(11)19)12(7-20)9(2)21-17(23)22-14;3-2(4,5)1(6)7/h4-6,8H,3,7,20H2,1-2H3;(H,6,7). The molecule has 0 unspecified atom stereocenters. The summed E-state index contributed by atoms with van der Waals surface area (Å²) in [5, 5.41) is 8.13. The molecule has 32 heavy (non-hydrogen) atoms. The zero-order chi connectivity index (χ0) is 24.2. The van der Waals surface area contributed by atoms with E-state index < -0.39 is 18.1 Å². The molecule has 0 spiro atoms. The summed E-state index contributed by atoms with van der Waals surface area (Å²) < 4.78 is 38.5. The van der Waals surface area contributed by atoms with Crippen LogP contribution in [0.5, 0.6) is 0 Å². The second-order valence-corrected chi connectivity index (χ2v) is 7.02. The average Bonchev–Trinajstić information content (AvgIpc) is 3.11. The molecule has 13 heteroatoms. The Hall–Kier alpha value is -2.89. The molecule has 0 fully saturated rings. The molecule has 0 saturated carbocycles. The predicted octanol–water partition coefficient (Wildman–Crippen LogP) is 4.28. The quantitative estimate of drug-likeness (QED) is 0.521. The highest BCUT2D eigenvalue weighted by atomic mass is 35.5. The largest absolute Gasteiger partial charge is 0.490 e. The first kappa shape index (κ1) is 25.4. The van der Waals surface area contributed by atoms with Crippen LogP contribution in [0.2, 0.25) is 10.0 Å². The molecule has 0 radical (unpaired) electrons. The third kappa shape index (κ3) is 5.67. The summed E-state index contributed by atoms with van der Waals surface area (Å²) in [5.41, 5.74) is 9.11. The minimum atomic E-state index is -5.08. The van der Waals surface area contributed by atoms with Crippen LogP contribution in [0.25, 0.3) is 17.0 Å². The molecule has 0 atom stereocenters. The van der Waals surface area contributed by atoms with E-state index in [2.05, 4.69) is 9.97 Å². The highest BCUT2D eigenvalue weighted by Crippen LogP contribution is 2.34. The van der Waals surface area contributed by atoms with Crippen molar-refractivity contribution >= 4 is 40.9 Å². The number of halogens is 5. The molecule has 0 aliphatic heterocycles. The van der Waals surface area contributed by atoms with Gasteiger partial charge in [-0.2, -0.15) is 13.2 Å². The summed E-state index contributed by atoms with van der Waals surface area (Å²) in [6.07, 6.45) is -3.50. The molecule has 0 saturated heterocycles. The number of nitrogens with two attached hydrogens (primary N) is 1. The monoisotopic (exact) mass is 492 g/mol. The molecule has 2 aromatic heterocycles. The fraction of sp³-hybridized carbons (Fsp3) is 0.263. The van der Waals surface area contributed by atoms with Crippen molar-refractivity contribution < 1.29 is 32.6 Å². The van der Waals surface area contributed by atoms with Crippen molar-refractivity contribution in [2.75, 3.05) is 6.61 Å². The third-order valence-electron chi connectivity index (χ3n) is 4.04. The maximum atomic E-state index is 12.0. The summed E-state index contributed by atoms with van der Waals surface area (Å²) in [6, 6.07) is 5.21. The van der Waals surface area contributed by atoms with Crippen molar-refractivity contribution in [1.29, 1.82) is 0 Å². The number of rotatable bonds is 4. The third-order valence-corrected chi connectivity index (χ3v) is 4.58. The number of ether oxygens (including phenoxy) is 1. The Kier molecular flexibility index (Phi) is 8.05. The minimum absolute atomic E-state index is 0.175. The first-order valence-corrected chi connectivity index (χ1v) is 9.67. The van der Waals surface area contributed by atoms with Crippen LogP contribution in [-0.2, 0) is 16.1 Å². The number of hydrogen-bond donors (Lipinski definition) is 2. The highest BCUT2D eigenvalue weighted by molar-refractivity contribution is 6.36. The second-order valence-electron chi connectivity index (χ2n) is 6.17. The second kappa shape index (κ2) is 10.2. The number of aliphatic carboxylic acids is 1. The normalized spacial score (nSPS) is 11.1. The van der Waals surface area contributed by atoms with Gasteiger partial charge in [0.05, 0.1) is 17.3 Å². The molecule has 3 aromatic rings. The SMILES string of the molecule is CCOC(=O)c1cn2c(-c3ccc(Cl)cc3Cl)c(CN)c(C)nc2n1.O=C(O)C(F)(F)F. The van der Waals surface area contributed by atoms with E-state index in [-0.39, 0.29) is 18.8 Å². The van der Waals surface area contributed by atoms with Gasteiger partial charge < -0.3 is 15.6 Å². The van der Waals surface area contributed by atoms with Gasteiger partial charge in [-0.1, -0.05) is 23.2 Å². The Morgan fingerprint density at radius 1 is 1.25 bits per heavy atom. The molecular weight excluding hydrogens is 476 g/mol. The Balaban J connectivity index is 0.000000451. The molecule has 1 aromatic carbocycles. The molecule has 0 amide bonds. The number of carboxylic acid groups (broad SMARTS) is 1. The number of imidazole rings is 1. The lowest BCUT2D eigenvalue weighted by atomic mass is 10.0. The van der Waals surface area contributed by atoms with Gasteiger partial charge in [0.2, 0.25) is 5.78 Å². The Morgan fingerprint density at radius 3 is 2.38 bits per heavy atom. The first-order valence-electron chi connectivity index (χ1n) is 8.92. The van der Waals surface area contributed by atoms with Crippen LogP contribution in [0, 0.1) is 6.92 Å². The molecule has 0 aliphatic rings. The number of fused-ring (bicyclic) bond motifs is 1. The minimum Gasteiger partial charge on any atom is -0.475 e. The number of nitrogens with zero attached hydrogens (tertiary/aromatic N) is 3. The molecule has 3 N–H and O–H groups in total. The zero-order valence-corrected chi connectivity index (χ0v) is 18.2. The van der Waals surface area contributed by atoms with Gasteiger partial charge in [-0.15, -0.1) is 0 Å². The van der Waals surface area contributed by atoms with Gasteiger partial charge in [0, 0.05) is 34.6 Å². The number of aromatic nitrogens is 3. The molecule has 2 heterocycles.